The van der Waals surface area contributed by atoms with Gasteiger partial charge in [0.05, 0.1) is 18.5 Å². The Morgan fingerprint density at radius 1 is 1.25 bits per heavy atom. The van der Waals surface area contributed by atoms with Gasteiger partial charge in [0.15, 0.2) is 0 Å². The van der Waals surface area contributed by atoms with Crippen LogP contribution in [0.3, 0.4) is 0 Å². The minimum atomic E-state index is 0.314. The lowest BCUT2D eigenvalue weighted by Crippen LogP contribution is -2.31. The fourth-order valence-corrected chi connectivity index (χ4v) is 3.25. The predicted molar refractivity (Wildman–Crippen MR) is 95.1 cm³/mol. The highest BCUT2D eigenvalue weighted by molar-refractivity contribution is 5.58. The Morgan fingerprint density at radius 2 is 2.12 bits per heavy atom. The first-order chi connectivity index (χ1) is 11.8. The molecule has 0 fully saturated rings. The second-order valence-corrected chi connectivity index (χ2v) is 6.41. The van der Waals surface area contributed by atoms with Gasteiger partial charge in [0.1, 0.15) is 11.6 Å². The molecule has 0 bridgehead atoms. The summed E-state index contributed by atoms with van der Waals surface area (Å²) < 4.78 is 5.30. The largest absolute Gasteiger partial charge is 0.497 e. The Labute approximate surface area is 143 Å². The molecule has 2 heterocycles. The summed E-state index contributed by atoms with van der Waals surface area (Å²) in [6.07, 6.45) is 5.45. The maximum atomic E-state index is 8.82. The summed E-state index contributed by atoms with van der Waals surface area (Å²) in [5, 5.41) is 8.82. The van der Waals surface area contributed by atoms with Crippen molar-refractivity contribution in [2.45, 2.75) is 38.6 Å². The lowest BCUT2D eigenvalue weighted by atomic mass is 10.1. The fourth-order valence-electron chi connectivity index (χ4n) is 3.25. The van der Waals surface area contributed by atoms with Crippen LogP contribution in [-0.2, 0) is 13.0 Å². The van der Waals surface area contributed by atoms with E-state index in [1.54, 1.807) is 7.11 Å². The van der Waals surface area contributed by atoms with Gasteiger partial charge in [-0.15, -0.1) is 0 Å². The van der Waals surface area contributed by atoms with E-state index in [9.17, 15) is 0 Å². The van der Waals surface area contributed by atoms with Crippen molar-refractivity contribution in [2.75, 3.05) is 26.8 Å². The van der Waals surface area contributed by atoms with Gasteiger partial charge in [-0.1, -0.05) is 25.0 Å². The number of benzene rings is 1. The van der Waals surface area contributed by atoms with Crippen LogP contribution in [0.4, 0.5) is 0 Å². The third kappa shape index (κ3) is 4.16. The van der Waals surface area contributed by atoms with Gasteiger partial charge in [-0.25, -0.2) is 4.98 Å². The quantitative estimate of drug-likeness (QED) is 0.731. The van der Waals surface area contributed by atoms with E-state index in [1.807, 2.05) is 18.2 Å². The summed E-state index contributed by atoms with van der Waals surface area (Å²) in [6, 6.07) is 8.02. The number of hydrogen-bond donors (Lipinski definition) is 2. The van der Waals surface area contributed by atoms with E-state index in [-0.39, 0.29) is 0 Å². The Balaban J connectivity index is 1.60. The SMILES string of the molecule is COc1cccc(-c2nc3c([nH]2)CN(CCCCCCO)CC3)c1. The number of rotatable bonds is 8. The van der Waals surface area contributed by atoms with Crippen LogP contribution in [0.2, 0.25) is 0 Å². The van der Waals surface area contributed by atoms with Gasteiger partial charge in [-0.05, 0) is 31.5 Å². The molecule has 0 aliphatic carbocycles. The summed E-state index contributed by atoms with van der Waals surface area (Å²) in [7, 11) is 1.69. The number of hydrogen-bond acceptors (Lipinski definition) is 4. The molecule has 1 aliphatic rings. The molecule has 5 nitrogen and oxygen atoms in total. The molecule has 5 heteroatoms. The molecule has 0 unspecified atom stereocenters. The average Bonchev–Trinajstić information content (AvgIpc) is 3.05. The molecule has 0 amide bonds. The van der Waals surface area contributed by atoms with Crippen molar-refractivity contribution in [1.29, 1.82) is 0 Å². The number of nitrogens with zero attached hydrogens (tertiary/aromatic N) is 2. The van der Waals surface area contributed by atoms with E-state index >= 15 is 0 Å². The van der Waals surface area contributed by atoms with Crippen molar-refractivity contribution in [3.8, 4) is 17.1 Å². The molecule has 0 spiro atoms. The van der Waals surface area contributed by atoms with Crippen LogP contribution in [0.1, 0.15) is 37.1 Å². The van der Waals surface area contributed by atoms with Crippen LogP contribution in [0.5, 0.6) is 5.75 Å². The minimum Gasteiger partial charge on any atom is -0.497 e. The topological polar surface area (TPSA) is 61.4 Å². The Bertz CT molecular complexity index is 654. The number of H-pyrrole nitrogens is 1. The molecule has 0 saturated heterocycles. The third-order valence-corrected chi connectivity index (χ3v) is 4.64. The van der Waals surface area contributed by atoms with Crippen molar-refractivity contribution in [2.24, 2.45) is 0 Å². The number of ether oxygens (including phenoxy) is 1. The van der Waals surface area contributed by atoms with E-state index in [0.717, 1.165) is 56.0 Å². The van der Waals surface area contributed by atoms with Gasteiger partial charge in [0.2, 0.25) is 0 Å². The lowest BCUT2D eigenvalue weighted by molar-refractivity contribution is 0.240. The average molecular weight is 329 g/mol. The molecule has 130 valence electrons. The highest BCUT2D eigenvalue weighted by Crippen LogP contribution is 2.25. The number of fused-ring (bicyclic) bond motifs is 1. The monoisotopic (exact) mass is 329 g/mol. The summed E-state index contributed by atoms with van der Waals surface area (Å²) in [4.78, 5) is 10.8. The number of aromatic amines is 1. The first kappa shape index (κ1) is 17.0. The number of aliphatic hydroxyl groups excluding tert-OH is 1. The van der Waals surface area contributed by atoms with Crippen molar-refractivity contribution < 1.29 is 9.84 Å². The molecule has 2 aromatic rings. The maximum absolute atomic E-state index is 8.82. The molecule has 0 saturated carbocycles. The van der Waals surface area contributed by atoms with Crippen LogP contribution < -0.4 is 4.74 Å². The van der Waals surface area contributed by atoms with Crippen LogP contribution in [0.15, 0.2) is 24.3 Å². The summed E-state index contributed by atoms with van der Waals surface area (Å²) in [6.45, 7) is 3.47. The number of unbranched alkanes of at least 4 members (excludes halogenated alkanes) is 3. The van der Waals surface area contributed by atoms with Gasteiger partial charge < -0.3 is 14.8 Å². The zero-order chi connectivity index (χ0) is 16.8. The number of methoxy groups -OCH3 is 1. The van der Waals surface area contributed by atoms with Crippen molar-refractivity contribution in [3.63, 3.8) is 0 Å². The highest BCUT2D eigenvalue weighted by Gasteiger charge is 2.20. The number of nitrogens with one attached hydrogen (secondary N) is 1. The molecule has 24 heavy (non-hydrogen) atoms. The van der Waals surface area contributed by atoms with E-state index in [1.165, 1.54) is 24.2 Å². The molecule has 1 aromatic carbocycles. The zero-order valence-corrected chi connectivity index (χ0v) is 14.4. The third-order valence-electron chi connectivity index (χ3n) is 4.64. The molecule has 0 radical (unpaired) electrons. The van der Waals surface area contributed by atoms with Gasteiger partial charge in [-0.2, -0.15) is 0 Å². The smallest absolute Gasteiger partial charge is 0.137 e. The van der Waals surface area contributed by atoms with E-state index < -0.39 is 0 Å². The fraction of sp³-hybridized carbons (Fsp3) is 0.526. The second-order valence-electron chi connectivity index (χ2n) is 6.41. The van der Waals surface area contributed by atoms with Crippen LogP contribution >= 0.6 is 0 Å². The van der Waals surface area contributed by atoms with Gasteiger partial charge in [0.25, 0.3) is 0 Å². The normalized spacial score (nSPS) is 14.6. The summed E-state index contributed by atoms with van der Waals surface area (Å²) >= 11 is 0. The molecule has 1 aliphatic heterocycles. The molecule has 0 atom stereocenters. The molecule has 3 rings (SSSR count). The highest BCUT2D eigenvalue weighted by atomic mass is 16.5. The maximum Gasteiger partial charge on any atom is 0.137 e. The first-order valence-electron chi connectivity index (χ1n) is 8.85. The van der Waals surface area contributed by atoms with Crippen LogP contribution in [0, 0.1) is 0 Å². The van der Waals surface area contributed by atoms with E-state index in [0.29, 0.717) is 6.61 Å². The zero-order valence-electron chi connectivity index (χ0n) is 14.4. The van der Waals surface area contributed by atoms with Crippen LogP contribution in [-0.4, -0.2) is 46.8 Å². The van der Waals surface area contributed by atoms with Crippen molar-refractivity contribution in [3.05, 3.63) is 35.7 Å². The molecular weight excluding hydrogens is 302 g/mol. The minimum absolute atomic E-state index is 0.314. The second kappa shape index (κ2) is 8.31. The molecule has 2 N–H and O–H groups in total. The summed E-state index contributed by atoms with van der Waals surface area (Å²) in [5.41, 5.74) is 3.51. The Morgan fingerprint density at radius 3 is 2.96 bits per heavy atom. The predicted octanol–water partition coefficient (Wildman–Crippen LogP) is 3.00. The van der Waals surface area contributed by atoms with Crippen LogP contribution in [0.25, 0.3) is 11.4 Å². The van der Waals surface area contributed by atoms with Gasteiger partial charge in [-0.3, -0.25) is 4.90 Å². The Kier molecular flexibility index (Phi) is 5.88. The molecule has 1 aromatic heterocycles. The summed E-state index contributed by atoms with van der Waals surface area (Å²) in [5.74, 6) is 1.79. The number of imidazole rings is 1. The van der Waals surface area contributed by atoms with Crippen molar-refractivity contribution in [1.82, 2.24) is 14.9 Å². The first-order valence-corrected chi connectivity index (χ1v) is 8.85. The van der Waals surface area contributed by atoms with Crippen molar-refractivity contribution >= 4 is 0 Å². The van der Waals surface area contributed by atoms with Gasteiger partial charge in [0, 0.05) is 31.7 Å². The standard InChI is InChI=1S/C19H27N3O2/c1-24-16-8-6-7-15(13-16)19-20-17-9-11-22(14-18(17)21-19)10-4-2-3-5-12-23/h6-8,13,23H,2-5,9-12,14H2,1H3,(H,20,21). The Hall–Kier alpha value is -1.85. The van der Waals surface area contributed by atoms with E-state index in [2.05, 4.69) is 16.0 Å². The lowest BCUT2D eigenvalue weighted by Gasteiger charge is -2.25. The van der Waals surface area contributed by atoms with Gasteiger partial charge >= 0.3 is 0 Å². The number of aromatic nitrogens is 2. The number of aliphatic hydroxyl groups is 1. The molecular formula is C19H27N3O2. The van der Waals surface area contributed by atoms with E-state index in [4.69, 9.17) is 14.8 Å².